The summed E-state index contributed by atoms with van der Waals surface area (Å²) in [6.45, 7) is 11.8. The molecule has 1 aliphatic rings. The zero-order chi connectivity index (χ0) is 9.68. The molecule has 0 aromatic rings. The van der Waals surface area contributed by atoms with Gasteiger partial charge in [-0.1, -0.05) is 20.8 Å². The van der Waals surface area contributed by atoms with E-state index in [-0.39, 0.29) is 0 Å². The molecule has 1 fully saturated rings. The molecule has 1 N–H and O–H groups in total. The summed E-state index contributed by atoms with van der Waals surface area (Å²) in [5, 5.41) is 3.50. The second-order valence-electron chi connectivity index (χ2n) is 4.17. The van der Waals surface area contributed by atoms with Gasteiger partial charge in [-0.25, -0.2) is 0 Å². The van der Waals surface area contributed by atoms with Crippen LogP contribution in [0, 0.1) is 5.92 Å². The van der Waals surface area contributed by atoms with E-state index in [0.717, 1.165) is 12.0 Å². The van der Waals surface area contributed by atoms with Crippen LogP contribution in [0.4, 0.5) is 0 Å². The van der Waals surface area contributed by atoms with E-state index < -0.39 is 0 Å². The Hall–Kier alpha value is -0.0800. The topological polar surface area (TPSA) is 15.3 Å². The number of rotatable bonds is 4. The number of likely N-dealkylation sites (N-methyl/N-ethyl adjacent to an activating group) is 1. The molecular weight excluding hydrogens is 160 g/mol. The Morgan fingerprint density at radius 1 is 1.38 bits per heavy atom. The maximum absolute atomic E-state index is 3.50. The number of nitrogens with zero attached hydrogens (tertiary/aromatic N) is 1. The van der Waals surface area contributed by atoms with Gasteiger partial charge in [0.1, 0.15) is 0 Å². The zero-order valence-corrected chi connectivity index (χ0v) is 9.34. The lowest BCUT2D eigenvalue weighted by molar-refractivity contribution is 0.128. The highest BCUT2D eigenvalue weighted by molar-refractivity contribution is 4.82. The molecule has 1 saturated heterocycles. The molecule has 2 atom stereocenters. The zero-order valence-electron chi connectivity index (χ0n) is 9.34. The molecule has 0 aromatic heterocycles. The normalized spacial score (nSPS) is 29.5. The predicted octanol–water partition coefficient (Wildman–Crippen LogP) is 1.72. The van der Waals surface area contributed by atoms with Crippen molar-refractivity contribution in [3.63, 3.8) is 0 Å². The molecule has 0 bridgehead atoms. The number of nitrogens with one attached hydrogen (secondary N) is 1. The molecule has 1 aliphatic heterocycles. The highest BCUT2D eigenvalue weighted by Gasteiger charge is 2.25. The molecule has 0 aromatic carbocycles. The van der Waals surface area contributed by atoms with Crippen LogP contribution in [0.1, 0.15) is 33.6 Å². The molecule has 78 valence electrons. The van der Waals surface area contributed by atoms with Gasteiger partial charge in [-0.3, -0.25) is 4.90 Å². The van der Waals surface area contributed by atoms with Crippen molar-refractivity contribution in [3.8, 4) is 0 Å². The minimum absolute atomic E-state index is 0.777. The fraction of sp³-hybridized carbons (Fsp3) is 1.00. The third-order valence-corrected chi connectivity index (χ3v) is 3.17. The molecule has 1 heterocycles. The summed E-state index contributed by atoms with van der Waals surface area (Å²) in [6.07, 6.45) is 2.61. The first-order valence-corrected chi connectivity index (χ1v) is 5.74. The summed E-state index contributed by atoms with van der Waals surface area (Å²) in [5.41, 5.74) is 0. The van der Waals surface area contributed by atoms with Gasteiger partial charge in [0, 0.05) is 12.6 Å². The quantitative estimate of drug-likeness (QED) is 0.715. The summed E-state index contributed by atoms with van der Waals surface area (Å²) < 4.78 is 0. The van der Waals surface area contributed by atoms with Crippen molar-refractivity contribution >= 4 is 0 Å². The Balaban J connectivity index is 2.44. The maximum Gasteiger partial charge on any atom is 0.0246 e. The second-order valence-corrected chi connectivity index (χ2v) is 4.17. The molecule has 0 spiro atoms. The molecule has 2 heteroatoms. The van der Waals surface area contributed by atoms with Gasteiger partial charge in [-0.2, -0.15) is 0 Å². The van der Waals surface area contributed by atoms with Crippen LogP contribution in [-0.4, -0.2) is 37.1 Å². The number of hydrogen-bond donors (Lipinski definition) is 1. The van der Waals surface area contributed by atoms with Crippen LogP contribution in [0.15, 0.2) is 0 Å². The lowest BCUT2D eigenvalue weighted by Crippen LogP contribution is -2.50. The minimum atomic E-state index is 0.777. The van der Waals surface area contributed by atoms with Crippen LogP contribution in [0.2, 0.25) is 0 Å². The fourth-order valence-electron chi connectivity index (χ4n) is 2.31. The smallest absolute Gasteiger partial charge is 0.0246 e. The highest BCUT2D eigenvalue weighted by atomic mass is 15.2. The Labute approximate surface area is 82.7 Å². The lowest BCUT2D eigenvalue weighted by Gasteiger charge is -2.38. The van der Waals surface area contributed by atoms with E-state index in [4.69, 9.17) is 0 Å². The molecule has 2 nitrogen and oxygen atoms in total. The van der Waals surface area contributed by atoms with Crippen LogP contribution in [0.3, 0.4) is 0 Å². The van der Waals surface area contributed by atoms with Crippen molar-refractivity contribution in [2.24, 2.45) is 5.92 Å². The number of piperidine rings is 1. The van der Waals surface area contributed by atoms with Crippen molar-refractivity contribution in [2.75, 3.05) is 26.2 Å². The Kier molecular flexibility index (Phi) is 4.74. The van der Waals surface area contributed by atoms with E-state index in [1.807, 2.05) is 0 Å². The molecule has 1 rings (SSSR count). The molecule has 2 unspecified atom stereocenters. The van der Waals surface area contributed by atoms with Gasteiger partial charge < -0.3 is 5.32 Å². The summed E-state index contributed by atoms with van der Waals surface area (Å²) in [5.74, 6) is 0.868. The second kappa shape index (κ2) is 5.61. The lowest BCUT2D eigenvalue weighted by atomic mass is 9.93. The van der Waals surface area contributed by atoms with Crippen LogP contribution in [-0.2, 0) is 0 Å². The average Bonchev–Trinajstić information content (AvgIpc) is 2.16. The largest absolute Gasteiger partial charge is 0.315 e. The molecule has 0 amide bonds. The maximum atomic E-state index is 3.50. The summed E-state index contributed by atoms with van der Waals surface area (Å²) in [6, 6.07) is 0.777. The van der Waals surface area contributed by atoms with Crippen LogP contribution < -0.4 is 5.32 Å². The molecule has 0 radical (unpaired) electrons. The van der Waals surface area contributed by atoms with Crippen LogP contribution in [0.5, 0.6) is 0 Å². The van der Waals surface area contributed by atoms with E-state index in [1.165, 1.54) is 39.0 Å². The third kappa shape index (κ3) is 2.96. The highest BCUT2D eigenvalue weighted by Crippen LogP contribution is 2.17. The van der Waals surface area contributed by atoms with Crippen molar-refractivity contribution in [2.45, 2.75) is 39.7 Å². The first-order chi connectivity index (χ1) is 6.29. The third-order valence-electron chi connectivity index (χ3n) is 3.17. The molecule has 13 heavy (non-hydrogen) atoms. The predicted molar refractivity (Wildman–Crippen MR) is 58.0 cm³/mol. The minimum Gasteiger partial charge on any atom is -0.315 e. The van der Waals surface area contributed by atoms with E-state index in [9.17, 15) is 0 Å². The molecule has 0 saturated carbocycles. The van der Waals surface area contributed by atoms with Gasteiger partial charge in [-0.15, -0.1) is 0 Å². The van der Waals surface area contributed by atoms with E-state index >= 15 is 0 Å². The van der Waals surface area contributed by atoms with Gasteiger partial charge >= 0.3 is 0 Å². The monoisotopic (exact) mass is 184 g/mol. The van der Waals surface area contributed by atoms with Crippen molar-refractivity contribution < 1.29 is 0 Å². The van der Waals surface area contributed by atoms with Gasteiger partial charge in [0.25, 0.3) is 0 Å². The van der Waals surface area contributed by atoms with Crippen molar-refractivity contribution in [1.29, 1.82) is 0 Å². The van der Waals surface area contributed by atoms with Gasteiger partial charge in [-0.05, 0) is 38.4 Å². The first-order valence-electron chi connectivity index (χ1n) is 5.74. The van der Waals surface area contributed by atoms with E-state index in [0.29, 0.717) is 0 Å². The van der Waals surface area contributed by atoms with Crippen molar-refractivity contribution in [3.05, 3.63) is 0 Å². The van der Waals surface area contributed by atoms with Gasteiger partial charge in [0.05, 0.1) is 0 Å². The SMILES string of the molecule is CCCN(CC)C1CNCCC1C. The van der Waals surface area contributed by atoms with Crippen LogP contribution >= 0.6 is 0 Å². The van der Waals surface area contributed by atoms with E-state index in [1.54, 1.807) is 0 Å². The fourth-order valence-corrected chi connectivity index (χ4v) is 2.31. The van der Waals surface area contributed by atoms with Crippen LogP contribution in [0.25, 0.3) is 0 Å². The molecule has 0 aliphatic carbocycles. The number of hydrogen-bond acceptors (Lipinski definition) is 2. The summed E-state index contributed by atoms with van der Waals surface area (Å²) >= 11 is 0. The van der Waals surface area contributed by atoms with E-state index in [2.05, 4.69) is 31.0 Å². The van der Waals surface area contributed by atoms with Crippen molar-refractivity contribution in [1.82, 2.24) is 10.2 Å². The standard InChI is InChI=1S/C11H24N2/c1-4-8-13(5-2)11-9-12-7-6-10(11)3/h10-12H,4-9H2,1-3H3. The summed E-state index contributed by atoms with van der Waals surface area (Å²) in [7, 11) is 0. The van der Waals surface area contributed by atoms with Gasteiger partial charge in [0.2, 0.25) is 0 Å². The summed E-state index contributed by atoms with van der Waals surface area (Å²) in [4.78, 5) is 2.62. The Morgan fingerprint density at radius 3 is 2.69 bits per heavy atom. The van der Waals surface area contributed by atoms with Gasteiger partial charge in [0.15, 0.2) is 0 Å². The average molecular weight is 184 g/mol. The molecular formula is C11H24N2. The Morgan fingerprint density at radius 2 is 2.15 bits per heavy atom. The Bertz CT molecular complexity index is 136. The first kappa shape index (κ1) is 11.0.